The third-order valence-corrected chi connectivity index (χ3v) is 7.47. The molecule has 2 heterocycles. The smallest absolute Gasteiger partial charge is 0.246 e. The number of phenols is 3. The molecule has 3 N–H and O–H groups in total. The van der Waals surface area contributed by atoms with Crippen LogP contribution >= 0.6 is 34.8 Å². The highest BCUT2D eigenvalue weighted by Crippen LogP contribution is 2.43. The Hall–Kier alpha value is -3.85. The minimum absolute atomic E-state index is 0.0168. The van der Waals surface area contributed by atoms with E-state index >= 15 is 0 Å². The number of hydrogen-bond acceptors (Lipinski definition) is 7. The summed E-state index contributed by atoms with van der Waals surface area (Å²) in [4.78, 5) is 16.9. The van der Waals surface area contributed by atoms with Crippen LogP contribution in [0.1, 0.15) is 5.69 Å². The Kier molecular flexibility index (Phi) is 7.61. The van der Waals surface area contributed by atoms with E-state index in [1.54, 1.807) is 29.2 Å². The number of amides is 1. The minimum atomic E-state index is -0.284. The molecule has 0 spiro atoms. The number of nitrogens with zero attached hydrogens (tertiary/aromatic N) is 3. The quantitative estimate of drug-likeness (QED) is 0.231. The molecule has 11 heteroatoms. The number of aromatic nitrogens is 1. The summed E-state index contributed by atoms with van der Waals surface area (Å²) >= 11 is 18.3. The lowest BCUT2D eigenvalue weighted by Crippen LogP contribution is -2.48. The summed E-state index contributed by atoms with van der Waals surface area (Å²) in [5.41, 5.74) is 2.58. The second kappa shape index (κ2) is 11.1. The number of carbonyl (C=O) groups is 1. The summed E-state index contributed by atoms with van der Waals surface area (Å²) in [6.45, 7) is 2.28. The van der Waals surface area contributed by atoms with Gasteiger partial charge in [0, 0.05) is 44.0 Å². The predicted octanol–water partition coefficient (Wildman–Crippen LogP) is 6.45. The summed E-state index contributed by atoms with van der Waals surface area (Å²) in [5, 5.41) is 35.2. The molecule has 39 heavy (non-hydrogen) atoms. The third kappa shape index (κ3) is 5.63. The number of aromatic hydroxyl groups is 3. The van der Waals surface area contributed by atoms with Gasteiger partial charge in [-0.15, -0.1) is 0 Å². The van der Waals surface area contributed by atoms with Crippen molar-refractivity contribution >= 4 is 52.5 Å². The fraction of sp³-hybridized carbons (Fsp3) is 0.143. The van der Waals surface area contributed by atoms with Crippen LogP contribution in [0.4, 0.5) is 5.69 Å². The highest BCUT2D eigenvalue weighted by atomic mass is 35.5. The number of hydrogen-bond donors (Lipinski definition) is 3. The van der Waals surface area contributed by atoms with Gasteiger partial charge in [-0.25, -0.2) is 0 Å². The van der Waals surface area contributed by atoms with E-state index in [1.165, 1.54) is 24.3 Å². The lowest BCUT2D eigenvalue weighted by atomic mass is 9.98. The van der Waals surface area contributed by atoms with Gasteiger partial charge in [0.1, 0.15) is 22.9 Å². The van der Waals surface area contributed by atoms with Crippen molar-refractivity contribution in [1.82, 2.24) is 10.1 Å². The molecule has 1 aliphatic rings. The Morgan fingerprint density at radius 3 is 2.26 bits per heavy atom. The largest absolute Gasteiger partial charge is 0.508 e. The molecule has 4 aromatic rings. The average Bonchev–Trinajstić information content (AvgIpc) is 3.35. The van der Waals surface area contributed by atoms with Gasteiger partial charge in [-0.3, -0.25) is 4.79 Å². The molecule has 3 aromatic carbocycles. The highest BCUT2D eigenvalue weighted by Gasteiger charge is 2.24. The second-order valence-electron chi connectivity index (χ2n) is 8.88. The predicted molar refractivity (Wildman–Crippen MR) is 152 cm³/mol. The Bertz CT molecular complexity index is 1560. The monoisotopic (exact) mass is 585 g/mol. The van der Waals surface area contributed by atoms with Gasteiger partial charge in [-0.2, -0.15) is 0 Å². The van der Waals surface area contributed by atoms with Gasteiger partial charge in [-0.1, -0.05) is 52.1 Å². The first-order chi connectivity index (χ1) is 18.7. The van der Waals surface area contributed by atoms with Crippen molar-refractivity contribution < 1.29 is 24.6 Å². The minimum Gasteiger partial charge on any atom is -0.508 e. The van der Waals surface area contributed by atoms with E-state index in [9.17, 15) is 20.1 Å². The number of benzene rings is 3. The van der Waals surface area contributed by atoms with Gasteiger partial charge < -0.3 is 29.6 Å². The van der Waals surface area contributed by atoms with Gasteiger partial charge in [0.05, 0.1) is 26.2 Å². The fourth-order valence-electron chi connectivity index (χ4n) is 4.36. The Morgan fingerprint density at radius 1 is 0.846 bits per heavy atom. The van der Waals surface area contributed by atoms with Crippen LogP contribution in [0, 0.1) is 0 Å². The standard InChI is InChI=1S/C28H22Cl3N3O5/c29-20-6-3-17(13-21(20)30)33-9-11-34(12-10-33)26(38)8-7-23-27(16-1-4-18(35)5-2-16)28(39-32-23)19-14-22(31)25(37)15-24(19)36/h1-8,13-15,35-37H,9-12H2/b8-7+. The molecule has 8 nitrogen and oxygen atoms in total. The highest BCUT2D eigenvalue weighted by molar-refractivity contribution is 6.42. The maximum absolute atomic E-state index is 13.0. The molecule has 1 saturated heterocycles. The molecular formula is C28H22Cl3N3O5. The number of phenolic OH excluding ortho intramolecular Hbond substituents is 3. The normalized spacial score (nSPS) is 13.8. The SMILES string of the molecule is O=C(/C=C/c1noc(-c2cc(Cl)c(O)cc2O)c1-c1ccc(O)cc1)N1CCN(c2ccc(Cl)c(Cl)c2)CC1. The van der Waals surface area contributed by atoms with Crippen molar-refractivity contribution in [3.63, 3.8) is 0 Å². The van der Waals surface area contributed by atoms with Crippen LogP contribution in [-0.2, 0) is 4.79 Å². The number of piperazine rings is 1. The van der Waals surface area contributed by atoms with E-state index in [0.717, 1.165) is 11.8 Å². The summed E-state index contributed by atoms with van der Waals surface area (Å²) in [5.74, 6) is -0.490. The first kappa shape index (κ1) is 26.7. The van der Waals surface area contributed by atoms with E-state index in [2.05, 4.69) is 10.1 Å². The van der Waals surface area contributed by atoms with Crippen LogP contribution < -0.4 is 4.90 Å². The maximum Gasteiger partial charge on any atom is 0.246 e. The molecule has 0 saturated carbocycles. The molecule has 1 aliphatic heterocycles. The van der Waals surface area contributed by atoms with E-state index in [0.29, 0.717) is 53.0 Å². The first-order valence-electron chi connectivity index (χ1n) is 11.9. The topological polar surface area (TPSA) is 110 Å². The average molecular weight is 587 g/mol. The van der Waals surface area contributed by atoms with Crippen molar-refractivity contribution in [3.05, 3.63) is 81.4 Å². The zero-order chi connectivity index (χ0) is 27.7. The molecule has 1 amide bonds. The number of rotatable bonds is 5. The van der Waals surface area contributed by atoms with E-state index < -0.39 is 0 Å². The van der Waals surface area contributed by atoms with Gasteiger partial charge in [0.2, 0.25) is 5.91 Å². The zero-order valence-corrected chi connectivity index (χ0v) is 22.6. The van der Waals surface area contributed by atoms with E-state index in [-0.39, 0.29) is 39.5 Å². The zero-order valence-electron chi connectivity index (χ0n) is 20.3. The van der Waals surface area contributed by atoms with Crippen molar-refractivity contribution in [2.75, 3.05) is 31.1 Å². The van der Waals surface area contributed by atoms with Crippen LogP contribution in [0.5, 0.6) is 17.2 Å². The molecule has 0 atom stereocenters. The molecule has 0 aliphatic carbocycles. The van der Waals surface area contributed by atoms with Crippen molar-refractivity contribution in [3.8, 4) is 39.7 Å². The van der Waals surface area contributed by atoms with Crippen molar-refractivity contribution in [2.45, 2.75) is 0 Å². The number of halogens is 3. The van der Waals surface area contributed by atoms with Crippen molar-refractivity contribution in [2.24, 2.45) is 0 Å². The van der Waals surface area contributed by atoms with E-state index in [1.807, 2.05) is 12.1 Å². The maximum atomic E-state index is 13.0. The van der Waals surface area contributed by atoms with Gasteiger partial charge >= 0.3 is 0 Å². The van der Waals surface area contributed by atoms with Crippen LogP contribution in [0.2, 0.25) is 15.1 Å². The Morgan fingerprint density at radius 2 is 1.56 bits per heavy atom. The van der Waals surface area contributed by atoms with Crippen LogP contribution in [0.25, 0.3) is 28.5 Å². The number of carbonyl (C=O) groups excluding carboxylic acids is 1. The molecule has 0 bridgehead atoms. The Balaban J connectivity index is 1.39. The molecule has 5 rings (SSSR count). The third-order valence-electron chi connectivity index (χ3n) is 6.43. The molecule has 1 fully saturated rings. The lowest BCUT2D eigenvalue weighted by Gasteiger charge is -2.35. The summed E-state index contributed by atoms with van der Waals surface area (Å²) in [6.07, 6.45) is 2.96. The molecule has 200 valence electrons. The van der Waals surface area contributed by atoms with E-state index in [4.69, 9.17) is 39.3 Å². The Labute approximate surface area is 238 Å². The van der Waals surface area contributed by atoms with Gasteiger partial charge in [0.25, 0.3) is 0 Å². The summed E-state index contributed by atoms with van der Waals surface area (Å²) < 4.78 is 5.59. The molecular weight excluding hydrogens is 565 g/mol. The molecule has 1 aromatic heterocycles. The summed E-state index contributed by atoms with van der Waals surface area (Å²) in [7, 11) is 0. The summed E-state index contributed by atoms with van der Waals surface area (Å²) in [6, 6.07) is 14.3. The molecule has 0 unspecified atom stereocenters. The number of anilines is 1. The molecule has 0 radical (unpaired) electrons. The van der Waals surface area contributed by atoms with Crippen LogP contribution in [-0.4, -0.2) is 57.5 Å². The lowest BCUT2D eigenvalue weighted by molar-refractivity contribution is -0.126. The first-order valence-corrected chi connectivity index (χ1v) is 13.0. The second-order valence-corrected chi connectivity index (χ2v) is 10.1. The van der Waals surface area contributed by atoms with Gasteiger partial charge in [-0.05, 0) is 48.0 Å². The van der Waals surface area contributed by atoms with Gasteiger partial charge in [0.15, 0.2) is 5.76 Å². The fourth-order valence-corrected chi connectivity index (χ4v) is 4.82. The van der Waals surface area contributed by atoms with Crippen LogP contribution in [0.15, 0.2) is 65.2 Å². The van der Waals surface area contributed by atoms with Crippen LogP contribution in [0.3, 0.4) is 0 Å². The van der Waals surface area contributed by atoms with Crippen molar-refractivity contribution in [1.29, 1.82) is 0 Å².